The molecule has 1 amide bonds. The number of carbonyl (C=O) groups excluding carboxylic acids is 2. The Labute approximate surface area is 194 Å². The highest BCUT2D eigenvalue weighted by atomic mass is 32.1. The molecule has 4 rings (SSSR count). The number of esters is 1. The summed E-state index contributed by atoms with van der Waals surface area (Å²) < 4.78 is 25.2. The van der Waals surface area contributed by atoms with Crippen molar-refractivity contribution in [3.8, 4) is 5.75 Å². The van der Waals surface area contributed by atoms with Gasteiger partial charge in [-0.3, -0.25) is 23.9 Å². The lowest BCUT2D eigenvalue weighted by Gasteiger charge is -2.32. The zero-order valence-corrected chi connectivity index (χ0v) is 19.2. The van der Waals surface area contributed by atoms with Crippen molar-refractivity contribution in [3.63, 3.8) is 0 Å². The SMILES string of the molecule is COC(=O)Cn1c2c(sc1=O)[C@@H](c1ccc(OC(C)C)cc1)CC(=O)N2c1ccc(F)cc1. The van der Waals surface area contributed by atoms with Crippen LogP contribution < -0.4 is 14.5 Å². The quantitative estimate of drug-likeness (QED) is 0.505. The molecule has 2 heterocycles. The first-order valence-electron chi connectivity index (χ1n) is 10.4. The lowest BCUT2D eigenvalue weighted by molar-refractivity contribution is -0.141. The fourth-order valence-electron chi connectivity index (χ4n) is 3.86. The van der Waals surface area contributed by atoms with Crippen LogP contribution in [0.5, 0.6) is 5.75 Å². The minimum Gasteiger partial charge on any atom is -0.491 e. The van der Waals surface area contributed by atoms with Crippen LogP contribution >= 0.6 is 11.3 Å². The number of carbonyl (C=O) groups is 2. The summed E-state index contributed by atoms with van der Waals surface area (Å²) in [5.74, 6) is -0.665. The number of ether oxygens (including phenoxy) is 2. The normalized spacial score (nSPS) is 15.5. The Bertz CT molecular complexity index is 1230. The molecular formula is C24H23FN2O5S. The van der Waals surface area contributed by atoms with Crippen LogP contribution in [0.15, 0.2) is 53.3 Å². The van der Waals surface area contributed by atoms with Crippen molar-refractivity contribution in [1.82, 2.24) is 4.57 Å². The van der Waals surface area contributed by atoms with Crippen LogP contribution in [0.4, 0.5) is 15.9 Å². The molecule has 1 aliphatic heterocycles. The second kappa shape index (κ2) is 9.19. The van der Waals surface area contributed by atoms with Gasteiger partial charge in [0.05, 0.1) is 23.8 Å². The molecule has 1 aromatic heterocycles. The van der Waals surface area contributed by atoms with Crippen LogP contribution in [-0.4, -0.2) is 29.7 Å². The van der Waals surface area contributed by atoms with E-state index in [-0.39, 0.29) is 35.8 Å². The van der Waals surface area contributed by atoms with Gasteiger partial charge in [-0.05, 0) is 55.8 Å². The van der Waals surface area contributed by atoms with Gasteiger partial charge < -0.3 is 9.47 Å². The van der Waals surface area contributed by atoms with Gasteiger partial charge in [0.2, 0.25) is 5.91 Å². The summed E-state index contributed by atoms with van der Waals surface area (Å²) in [7, 11) is 1.23. The van der Waals surface area contributed by atoms with E-state index >= 15 is 0 Å². The first-order valence-corrected chi connectivity index (χ1v) is 11.3. The average Bonchev–Trinajstić information content (AvgIpc) is 3.10. The maximum absolute atomic E-state index is 13.5. The molecule has 0 unspecified atom stereocenters. The van der Waals surface area contributed by atoms with Crippen LogP contribution in [0.2, 0.25) is 0 Å². The minimum atomic E-state index is -0.610. The van der Waals surface area contributed by atoms with E-state index in [1.54, 1.807) is 0 Å². The minimum absolute atomic E-state index is 0.0283. The molecule has 0 spiro atoms. The van der Waals surface area contributed by atoms with E-state index in [9.17, 15) is 18.8 Å². The van der Waals surface area contributed by atoms with Gasteiger partial charge >= 0.3 is 10.8 Å². The van der Waals surface area contributed by atoms with Gasteiger partial charge in [-0.15, -0.1) is 0 Å². The lowest BCUT2D eigenvalue weighted by atomic mass is 9.90. The number of thiazole rings is 1. The lowest BCUT2D eigenvalue weighted by Crippen LogP contribution is -2.36. The fraction of sp³-hybridized carbons (Fsp3) is 0.292. The Morgan fingerprint density at radius 3 is 2.39 bits per heavy atom. The topological polar surface area (TPSA) is 77.8 Å². The van der Waals surface area contributed by atoms with Gasteiger partial charge in [-0.2, -0.15) is 0 Å². The van der Waals surface area contributed by atoms with Crippen LogP contribution in [-0.2, 0) is 20.9 Å². The Balaban J connectivity index is 1.83. The Morgan fingerprint density at radius 1 is 1.12 bits per heavy atom. The van der Waals surface area contributed by atoms with Crippen LogP contribution in [0, 0.1) is 5.82 Å². The monoisotopic (exact) mass is 470 g/mol. The molecule has 9 heteroatoms. The zero-order valence-electron chi connectivity index (χ0n) is 18.4. The smallest absolute Gasteiger partial charge is 0.325 e. The summed E-state index contributed by atoms with van der Waals surface area (Å²) in [5.41, 5.74) is 1.27. The summed E-state index contributed by atoms with van der Waals surface area (Å²) in [6.45, 7) is 3.54. The van der Waals surface area contributed by atoms with Crippen molar-refractivity contribution in [2.24, 2.45) is 0 Å². The van der Waals surface area contributed by atoms with Gasteiger partial charge in [0.25, 0.3) is 0 Å². The van der Waals surface area contributed by atoms with Crippen LogP contribution in [0.1, 0.15) is 36.6 Å². The largest absolute Gasteiger partial charge is 0.491 e. The molecule has 1 aliphatic rings. The first-order chi connectivity index (χ1) is 15.8. The van der Waals surface area contributed by atoms with Crippen molar-refractivity contribution in [3.05, 3.63) is 74.5 Å². The van der Waals surface area contributed by atoms with Crippen molar-refractivity contribution in [2.75, 3.05) is 12.0 Å². The van der Waals surface area contributed by atoms with Gasteiger partial charge in [0.15, 0.2) is 0 Å². The van der Waals surface area contributed by atoms with E-state index in [1.165, 1.54) is 40.8 Å². The van der Waals surface area contributed by atoms with Crippen molar-refractivity contribution < 1.29 is 23.5 Å². The highest BCUT2D eigenvalue weighted by Gasteiger charge is 2.38. The van der Waals surface area contributed by atoms with Crippen molar-refractivity contribution in [2.45, 2.75) is 38.8 Å². The molecule has 0 bridgehead atoms. The number of hydrogen-bond acceptors (Lipinski definition) is 6. The summed E-state index contributed by atoms with van der Waals surface area (Å²) in [6.07, 6.45) is 0.146. The molecular weight excluding hydrogens is 447 g/mol. The molecule has 172 valence electrons. The Morgan fingerprint density at radius 2 is 1.79 bits per heavy atom. The summed E-state index contributed by atoms with van der Waals surface area (Å²) in [5, 5.41) is 0. The molecule has 0 fully saturated rings. The van der Waals surface area contributed by atoms with Gasteiger partial charge in [-0.25, -0.2) is 4.39 Å². The summed E-state index contributed by atoms with van der Waals surface area (Å²) in [4.78, 5) is 39.9. The fourth-order valence-corrected chi connectivity index (χ4v) is 4.96. The van der Waals surface area contributed by atoms with Crippen molar-refractivity contribution in [1.29, 1.82) is 0 Å². The number of halogens is 1. The Hall–Kier alpha value is -3.46. The van der Waals surface area contributed by atoms with Crippen molar-refractivity contribution >= 4 is 34.7 Å². The third-order valence-corrected chi connectivity index (χ3v) is 6.39. The molecule has 0 saturated carbocycles. The van der Waals surface area contributed by atoms with Crippen LogP contribution in [0.25, 0.3) is 0 Å². The summed E-state index contributed by atoms with van der Waals surface area (Å²) >= 11 is 0.991. The van der Waals surface area contributed by atoms with E-state index in [4.69, 9.17) is 9.47 Å². The zero-order chi connectivity index (χ0) is 23.7. The first kappa shape index (κ1) is 22.7. The number of anilines is 2. The molecule has 0 radical (unpaired) electrons. The average molecular weight is 471 g/mol. The van der Waals surface area contributed by atoms with Crippen LogP contribution in [0.3, 0.4) is 0 Å². The third-order valence-electron chi connectivity index (χ3n) is 5.30. The molecule has 7 nitrogen and oxygen atoms in total. The second-order valence-electron chi connectivity index (χ2n) is 7.92. The van der Waals surface area contributed by atoms with E-state index in [1.807, 2.05) is 38.1 Å². The maximum atomic E-state index is 13.5. The standard InChI is InChI=1S/C24H23FN2O5S/c1-14(2)32-18-10-4-15(5-11-18)19-12-20(28)27(17-8-6-16(25)7-9-17)23-22(19)33-24(30)26(23)13-21(29)31-3/h4-11,14,19H,12-13H2,1-3H3/t19-/m1/s1. The number of fused-ring (bicyclic) bond motifs is 1. The summed E-state index contributed by atoms with van der Waals surface area (Å²) in [6, 6.07) is 12.9. The van der Waals surface area contributed by atoms with Gasteiger partial charge in [0.1, 0.15) is 23.9 Å². The maximum Gasteiger partial charge on any atom is 0.325 e. The van der Waals surface area contributed by atoms with E-state index in [0.29, 0.717) is 22.1 Å². The number of aromatic nitrogens is 1. The Kier molecular flexibility index (Phi) is 6.33. The molecule has 3 aromatic rings. The number of rotatable bonds is 6. The molecule has 0 N–H and O–H groups in total. The number of nitrogens with zero attached hydrogens (tertiary/aromatic N) is 2. The number of methoxy groups -OCH3 is 1. The molecule has 1 atom stereocenters. The van der Waals surface area contributed by atoms with E-state index in [0.717, 1.165) is 16.9 Å². The number of hydrogen-bond donors (Lipinski definition) is 0. The highest BCUT2D eigenvalue weighted by Crippen LogP contribution is 2.45. The van der Waals surface area contributed by atoms with E-state index in [2.05, 4.69) is 0 Å². The molecule has 2 aromatic carbocycles. The highest BCUT2D eigenvalue weighted by molar-refractivity contribution is 7.10. The predicted molar refractivity (Wildman–Crippen MR) is 123 cm³/mol. The number of benzene rings is 2. The second-order valence-corrected chi connectivity index (χ2v) is 8.91. The van der Waals surface area contributed by atoms with E-state index < -0.39 is 11.8 Å². The molecule has 33 heavy (non-hydrogen) atoms. The molecule has 0 saturated heterocycles. The third kappa shape index (κ3) is 4.54. The van der Waals surface area contributed by atoms with Gasteiger partial charge in [0, 0.05) is 12.3 Å². The van der Waals surface area contributed by atoms with Gasteiger partial charge in [-0.1, -0.05) is 23.5 Å². The predicted octanol–water partition coefficient (Wildman–Crippen LogP) is 4.21. The number of amides is 1. The molecule has 0 aliphatic carbocycles.